The fourth-order valence-corrected chi connectivity index (χ4v) is 2.39. The van der Waals surface area contributed by atoms with E-state index < -0.39 is 22.1 Å². The summed E-state index contributed by atoms with van der Waals surface area (Å²) in [6.07, 6.45) is 0.892. The predicted octanol–water partition coefficient (Wildman–Crippen LogP) is -0.254. The Hall–Kier alpha value is -0.920. The number of aliphatic hydroxyl groups is 1. The highest BCUT2D eigenvalue weighted by Gasteiger charge is 2.27. The summed E-state index contributed by atoms with van der Waals surface area (Å²) in [5, 5.41) is 9.51. The number of nitrogens with zero attached hydrogens (tertiary/aromatic N) is 1. The number of aliphatic hydroxyl groups excluding tert-OH is 1. The van der Waals surface area contributed by atoms with E-state index in [4.69, 9.17) is 0 Å². The maximum Gasteiger partial charge on any atom is 0.336 e. The molecule has 0 amide bonds. The number of carbonyl (C=O) groups is 1. The molecule has 0 aromatic heterocycles. The second kappa shape index (κ2) is 6.73. The predicted molar refractivity (Wildman–Crippen MR) is 63.8 cm³/mol. The monoisotopic (exact) mass is 265 g/mol. The number of hydrogen-bond acceptors (Lipinski definition) is 5. The van der Waals surface area contributed by atoms with Gasteiger partial charge in [0.1, 0.15) is 6.61 Å². The largest absolute Gasteiger partial charge is 0.460 e. The topological polar surface area (TPSA) is 83.9 Å². The van der Waals surface area contributed by atoms with Crippen LogP contribution in [0.3, 0.4) is 0 Å². The third kappa shape index (κ3) is 5.81. The minimum atomic E-state index is -3.47. The number of ether oxygens (including phenoxy) is 1. The van der Waals surface area contributed by atoms with Crippen molar-refractivity contribution < 1.29 is 23.1 Å². The van der Waals surface area contributed by atoms with Gasteiger partial charge in [0.25, 0.3) is 0 Å². The van der Waals surface area contributed by atoms with Crippen molar-refractivity contribution in [1.29, 1.82) is 0 Å². The van der Waals surface area contributed by atoms with Crippen molar-refractivity contribution in [2.24, 2.45) is 0 Å². The Morgan fingerprint density at radius 2 is 2.06 bits per heavy atom. The third-order valence-electron chi connectivity index (χ3n) is 1.97. The molecule has 100 valence electrons. The summed E-state index contributed by atoms with van der Waals surface area (Å²) in [5.41, 5.74) is 0. The molecule has 0 saturated heterocycles. The highest BCUT2D eigenvalue weighted by molar-refractivity contribution is 7.88. The quantitative estimate of drug-likeness (QED) is 0.507. The fourth-order valence-electron chi connectivity index (χ4n) is 1.21. The normalized spacial score (nSPS) is 13.8. The second-order valence-electron chi connectivity index (χ2n) is 3.86. The molecule has 0 aliphatic rings. The summed E-state index contributed by atoms with van der Waals surface area (Å²) in [5.74, 6) is -0.862. The van der Waals surface area contributed by atoms with Gasteiger partial charge in [0.05, 0.1) is 12.8 Å². The lowest BCUT2D eigenvalue weighted by molar-refractivity contribution is -0.152. The first-order valence-corrected chi connectivity index (χ1v) is 6.97. The van der Waals surface area contributed by atoms with E-state index in [2.05, 4.69) is 11.3 Å². The molecule has 0 bridgehead atoms. The zero-order chi connectivity index (χ0) is 13.6. The third-order valence-corrected chi connectivity index (χ3v) is 3.39. The SMILES string of the molecule is C=CCOC(=O)C(O)CN(C(C)C)S(C)(=O)=O. The smallest absolute Gasteiger partial charge is 0.336 e. The molecular formula is C10H19NO5S. The molecular weight excluding hydrogens is 246 g/mol. The first kappa shape index (κ1) is 16.1. The van der Waals surface area contributed by atoms with Gasteiger partial charge in [-0.15, -0.1) is 0 Å². The Balaban J connectivity index is 4.57. The van der Waals surface area contributed by atoms with Gasteiger partial charge in [-0.1, -0.05) is 12.7 Å². The van der Waals surface area contributed by atoms with Crippen LogP contribution in [0.5, 0.6) is 0 Å². The Morgan fingerprint density at radius 3 is 2.41 bits per heavy atom. The number of esters is 1. The molecule has 0 aliphatic heterocycles. The second-order valence-corrected chi connectivity index (χ2v) is 5.80. The van der Waals surface area contributed by atoms with Crippen molar-refractivity contribution in [1.82, 2.24) is 4.31 Å². The van der Waals surface area contributed by atoms with Crippen LogP contribution in [-0.2, 0) is 19.6 Å². The maximum absolute atomic E-state index is 11.4. The van der Waals surface area contributed by atoms with Crippen LogP contribution in [0.1, 0.15) is 13.8 Å². The average Bonchev–Trinajstić information content (AvgIpc) is 2.19. The average molecular weight is 265 g/mol. The Morgan fingerprint density at radius 1 is 1.53 bits per heavy atom. The highest BCUT2D eigenvalue weighted by Crippen LogP contribution is 2.07. The Bertz CT molecular complexity index is 363. The van der Waals surface area contributed by atoms with Gasteiger partial charge >= 0.3 is 5.97 Å². The van der Waals surface area contributed by atoms with Gasteiger partial charge in [0.15, 0.2) is 6.10 Å². The number of hydrogen-bond donors (Lipinski definition) is 1. The molecule has 0 saturated carbocycles. The molecule has 0 rings (SSSR count). The van der Waals surface area contributed by atoms with Crippen LogP contribution in [0, 0.1) is 0 Å². The van der Waals surface area contributed by atoms with Crippen molar-refractivity contribution in [3.05, 3.63) is 12.7 Å². The van der Waals surface area contributed by atoms with E-state index in [-0.39, 0.29) is 19.2 Å². The van der Waals surface area contributed by atoms with Crippen LogP contribution in [0.4, 0.5) is 0 Å². The van der Waals surface area contributed by atoms with Gasteiger partial charge < -0.3 is 9.84 Å². The molecule has 0 heterocycles. The molecule has 1 unspecified atom stereocenters. The van der Waals surface area contributed by atoms with Crippen LogP contribution < -0.4 is 0 Å². The van der Waals surface area contributed by atoms with Crippen LogP contribution in [0.2, 0.25) is 0 Å². The Kier molecular flexibility index (Phi) is 6.36. The first-order valence-electron chi connectivity index (χ1n) is 5.12. The minimum Gasteiger partial charge on any atom is -0.460 e. The standard InChI is InChI=1S/C10H19NO5S/c1-5-6-16-10(13)9(12)7-11(8(2)3)17(4,14)15/h5,8-9,12H,1,6-7H2,2-4H3. The van der Waals surface area contributed by atoms with Crippen LogP contribution in [0.15, 0.2) is 12.7 Å². The fraction of sp³-hybridized carbons (Fsp3) is 0.700. The van der Waals surface area contributed by atoms with Crippen LogP contribution in [0.25, 0.3) is 0 Å². The maximum atomic E-state index is 11.4. The van der Waals surface area contributed by atoms with Crippen LogP contribution >= 0.6 is 0 Å². The summed E-state index contributed by atoms with van der Waals surface area (Å²) in [6.45, 7) is 6.34. The van der Waals surface area contributed by atoms with Gasteiger partial charge in [-0.3, -0.25) is 0 Å². The van der Waals surface area contributed by atoms with E-state index in [9.17, 15) is 18.3 Å². The lowest BCUT2D eigenvalue weighted by atomic mass is 10.3. The zero-order valence-corrected chi connectivity index (χ0v) is 11.1. The van der Waals surface area contributed by atoms with Gasteiger partial charge in [-0.05, 0) is 13.8 Å². The summed E-state index contributed by atoms with van der Waals surface area (Å²) < 4.78 is 28.4. The van der Waals surface area contributed by atoms with E-state index in [1.807, 2.05) is 0 Å². The molecule has 0 spiro atoms. The molecule has 7 heteroatoms. The number of rotatable bonds is 7. The van der Waals surface area contributed by atoms with Gasteiger partial charge in [-0.2, -0.15) is 4.31 Å². The summed E-state index contributed by atoms with van der Waals surface area (Å²) in [4.78, 5) is 11.2. The number of carbonyl (C=O) groups excluding carboxylic acids is 1. The van der Waals surface area contributed by atoms with E-state index >= 15 is 0 Å². The van der Waals surface area contributed by atoms with Crippen molar-refractivity contribution in [3.63, 3.8) is 0 Å². The van der Waals surface area contributed by atoms with Crippen molar-refractivity contribution >= 4 is 16.0 Å². The lowest BCUT2D eigenvalue weighted by Gasteiger charge is -2.25. The van der Waals surface area contributed by atoms with Crippen molar-refractivity contribution in [3.8, 4) is 0 Å². The van der Waals surface area contributed by atoms with E-state index in [1.165, 1.54) is 6.08 Å². The molecule has 0 radical (unpaired) electrons. The summed E-state index contributed by atoms with van der Waals surface area (Å²) >= 11 is 0. The van der Waals surface area contributed by atoms with Crippen molar-refractivity contribution in [2.75, 3.05) is 19.4 Å². The molecule has 0 fully saturated rings. The molecule has 6 nitrogen and oxygen atoms in total. The first-order chi connectivity index (χ1) is 7.70. The van der Waals surface area contributed by atoms with Crippen LogP contribution in [-0.4, -0.2) is 55.4 Å². The van der Waals surface area contributed by atoms with Gasteiger partial charge in [-0.25, -0.2) is 13.2 Å². The molecule has 1 atom stereocenters. The molecule has 0 aromatic carbocycles. The minimum absolute atomic E-state index is 0.0174. The van der Waals surface area contributed by atoms with Gasteiger partial charge in [0.2, 0.25) is 10.0 Å². The van der Waals surface area contributed by atoms with Crippen molar-refractivity contribution in [2.45, 2.75) is 26.0 Å². The highest BCUT2D eigenvalue weighted by atomic mass is 32.2. The molecule has 1 N–H and O–H groups in total. The summed E-state index contributed by atoms with van der Waals surface area (Å²) in [6, 6.07) is -0.341. The van der Waals surface area contributed by atoms with Gasteiger partial charge in [0, 0.05) is 6.04 Å². The number of sulfonamides is 1. The van der Waals surface area contributed by atoms with E-state index in [1.54, 1.807) is 13.8 Å². The molecule has 0 aliphatic carbocycles. The van der Waals surface area contributed by atoms with E-state index in [0.717, 1.165) is 10.6 Å². The molecule has 17 heavy (non-hydrogen) atoms. The Labute approximate surface area is 102 Å². The lowest BCUT2D eigenvalue weighted by Crippen LogP contribution is -2.44. The van der Waals surface area contributed by atoms with E-state index in [0.29, 0.717) is 0 Å². The zero-order valence-electron chi connectivity index (χ0n) is 10.3. The molecule has 0 aromatic rings. The summed E-state index contributed by atoms with van der Waals surface area (Å²) in [7, 11) is -3.47.